The largest absolute Gasteiger partial charge is 0.381 e. The van der Waals surface area contributed by atoms with E-state index in [1.54, 1.807) is 0 Å². The number of nitrogens with one attached hydrogen (secondary N) is 1. The van der Waals surface area contributed by atoms with E-state index in [2.05, 4.69) is 36.8 Å². The number of aryl methyl sites for hydroxylation is 2. The van der Waals surface area contributed by atoms with Crippen molar-refractivity contribution in [3.63, 3.8) is 0 Å². The van der Waals surface area contributed by atoms with Crippen molar-refractivity contribution in [2.45, 2.75) is 39.7 Å². The van der Waals surface area contributed by atoms with Crippen LogP contribution < -0.4 is 5.32 Å². The van der Waals surface area contributed by atoms with Gasteiger partial charge in [-0.1, -0.05) is 0 Å². The molecule has 1 aromatic heterocycles. The van der Waals surface area contributed by atoms with E-state index in [1.165, 1.54) is 13.0 Å². The molecule has 4 heterocycles. The summed E-state index contributed by atoms with van der Waals surface area (Å²) in [6.07, 6.45) is 3.39. The normalized spacial score (nSPS) is 25.6. The van der Waals surface area contributed by atoms with Gasteiger partial charge in [0.1, 0.15) is 11.6 Å². The Bertz CT molecular complexity index is 666. The first kappa shape index (κ1) is 22.7. The molecule has 0 aromatic carbocycles. The second kappa shape index (κ2) is 10.9. The van der Waals surface area contributed by atoms with Gasteiger partial charge in [-0.05, 0) is 38.5 Å². The van der Waals surface area contributed by atoms with Crippen molar-refractivity contribution >= 4 is 29.9 Å². The molecule has 0 radical (unpaired) electrons. The molecular formula is C20H36IN7O. The molecule has 0 spiro atoms. The van der Waals surface area contributed by atoms with Gasteiger partial charge in [0.05, 0.1) is 6.61 Å². The first-order chi connectivity index (χ1) is 13.7. The van der Waals surface area contributed by atoms with Gasteiger partial charge in [-0.15, -0.1) is 34.2 Å². The van der Waals surface area contributed by atoms with Crippen molar-refractivity contribution in [2.24, 2.45) is 16.8 Å². The molecule has 0 amide bonds. The summed E-state index contributed by atoms with van der Waals surface area (Å²) in [5.41, 5.74) is 0. The number of halogens is 1. The molecule has 4 rings (SSSR count). The summed E-state index contributed by atoms with van der Waals surface area (Å²) in [4.78, 5) is 10.0. The number of guanidine groups is 1. The highest BCUT2D eigenvalue weighted by molar-refractivity contribution is 14.0. The second-order valence-corrected chi connectivity index (χ2v) is 8.39. The highest BCUT2D eigenvalue weighted by Gasteiger charge is 2.25. The molecular weight excluding hydrogens is 481 g/mol. The minimum absolute atomic E-state index is 0. The smallest absolute Gasteiger partial charge is 0.194 e. The summed E-state index contributed by atoms with van der Waals surface area (Å²) in [6, 6.07) is 0. The van der Waals surface area contributed by atoms with E-state index in [0.29, 0.717) is 5.92 Å². The molecule has 2 unspecified atom stereocenters. The van der Waals surface area contributed by atoms with Crippen molar-refractivity contribution in [3.05, 3.63) is 11.6 Å². The number of aromatic nitrogens is 3. The maximum absolute atomic E-state index is 5.53. The minimum atomic E-state index is 0. The van der Waals surface area contributed by atoms with Gasteiger partial charge in [0.25, 0.3) is 0 Å². The number of nitrogens with zero attached hydrogens (tertiary/aromatic N) is 6. The van der Waals surface area contributed by atoms with Crippen LogP contribution in [0, 0.1) is 18.8 Å². The number of aliphatic imine (C=N–C) groups is 1. The highest BCUT2D eigenvalue weighted by Crippen LogP contribution is 2.20. The number of rotatable bonds is 5. The van der Waals surface area contributed by atoms with Crippen LogP contribution in [0.25, 0.3) is 0 Å². The van der Waals surface area contributed by atoms with Crippen LogP contribution in [0.5, 0.6) is 0 Å². The molecule has 2 saturated heterocycles. The van der Waals surface area contributed by atoms with Crippen molar-refractivity contribution in [2.75, 3.05) is 59.0 Å². The number of ether oxygens (including phenoxy) is 1. The average Bonchev–Trinajstić information content (AvgIpc) is 3.36. The van der Waals surface area contributed by atoms with Crippen LogP contribution in [0.4, 0.5) is 0 Å². The number of piperazine rings is 1. The van der Waals surface area contributed by atoms with Gasteiger partial charge in [-0.2, -0.15) is 0 Å². The molecule has 3 aliphatic heterocycles. The van der Waals surface area contributed by atoms with Crippen molar-refractivity contribution in [1.82, 2.24) is 29.9 Å². The molecule has 2 fully saturated rings. The van der Waals surface area contributed by atoms with Crippen LogP contribution in [0.1, 0.15) is 31.4 Å². The third kappa shape index (κ3) is 5.81. The molecule has 0 aliphatic carbocycles. The number of hydrogen-bond acceptors (Lipinski definition) is 5. The lowest BCUT2D eigenvalue weighted by Crippen LogP contribution is -2.53. The van der Waals surface area contributed by atoms with E-state index in [9.17, 15) is 0 Å². The predicted octanol–water partition coefficient (Wildman–Crippen LogP) is 1.39. The van der Waals surface area contributed by atoms with Gasteiger partial charge in [0.15, 0.2) is 5.96 Å². The summed E-state index contributed by atoms with van der Waals surface area (Å²) in [6.45, 7) is 14.4. The molecule has 29 heavy (non-hydrogen) atoms. The van der Waals surface area contributed by atoms with Gasteiger partial charge in [-0.25, -0.2) is 0 Å². The van der Waals surface area contributed by atoms with Crippen LogP contribution in [0.3, 0.4) is 0 Å². The lowest BCUT2D eigenvalue weighted by atomic mass is 9.99. The van der Waals surface area contributed by atoms with E-state index in [0.717, 1.165) is 95.4 Å². The lowest BCUT2D eigenvalue weighted by Gasteiger charge is -2.37. The summed E-state index contributed by atoms with van der Waals surface area (Å²) in [7, 11) is 0. The van der Waals surface area contributed by atoms with E-state index >= 15 is 0 Å². The zero-order chi connectivity index (χ0) is 19.3. The van der Waals surface area contributed by atoms with Gasteiger partial charge < -0.3 is 19.5 Å². The van der Waals surface area contributed by atoms with Crippen LogP contribution in [0.15, 0.2) is 4.99 Å². The minimum Gasteiger partial charge on any atom is -0.381 e. The molecule has 0 bridgehead atoms. The Labute approximate surface area is 191 Å². The van der Waals surface area contributed by atoms with Crippen molar-refractivity contribution in [3.8, 4) is 0 Å². The van der Waals surface area contributed by atoms with Crippen molar-refractivity contribution < 1.29 is 4.74 Å². The number of fused-ring (bicyclic) bond motifs is 1. The van der Waals surface area contributed by atoms with Gasteiger partial charge in [0, 0.05) is 65.4 Å². The van der Waals surface area contributed by atoms with Gasteiger partial charge >= 0.3 is 0 Å². The number of hydrogen-bond donors (Lipinski definition) is 1. The van der Waals surface area contributed by atoms with E-state index in [1.807, 2.05) is 6.92 Å². The summed E-state index contributed by atoms with van der Waals surface area (Å²) in [5, 5.41) is 12.0. The lowest BCUT2D eigenvalue weighted by molar-refractivity contribution is 0.139. The van der Waals surface area contributed by atoms with E-state index < -0.39 is 0 Å². The topological polar surface area (TPSA) is 70.8 Å². The Morgan fingerprint density at radius 1 is 1.17 bits per heavy atom. The Morgan fingerprint density at radius 2 is 2.00 bits per heavy atom. The summed E-state index contributed by atoms with van der Waals surface area (Å²) in [5.74, 6) is 4.54. The van der Waals surface area contributed by atoms with Crippen molar-refractivity contribution in [1.29, 1.82) is 0 Å². The first-order valence-corrected chi connectivity index (χ1v) is 10.9. The Morgan fingerprint density at radius 3 is 2.72 bits per heavy atom. The van der Waals surface area contributed by atoms with Gasteiger partial charge in [-0.3, -0.25) is 9.89 Å². The molecule has 164 valence electrons. The van der Waals surface area contributed by atoms with E-state index in [-0.39, 0.29) is 24.0 Å². The Balaban J connectivity index is 0.00000240. The standard InChI is InChI=1S/C20H35N7O.HI/c1-3-21-20(22-12-17-4-5-19-24-23-16(2)27(19)14-17)26-9-7-25(8-10-26)13-18-6-11-28-15-18;/h17-18H,3-15H2,1-2H3,(H,21,22);1H. The predicted molar refractivity (Wildman–Crippen MR) is 125 cm³/mol. The fourth-order valence-corrected chi connectivity index (χ4v) is 4.56. The Kier molecular flexibility index (Phi) is 8.55. The fourth-order valence-electron chi connectivity index (χ4n) is 4.56. The fraction of sp³-hybridized carbons (Fsp3) is 0.850. The maximum atomic E-state index is 5.53. The van der Waals surface area contributed by atoms with Crippen LogP contribution in [-0.4, -0.2) is 89.6 Å². The average molecular weight is 517 g/mol. The Hall–Kier alpha value is -0.940. The summed E-state index contributed by atoms with van der Waals surface area (Å²) < 4.78 is 7.79. The second-order valence-electron chi connectivity index (χ2n) is 8.39. The quantitative estimate of drug-likeness (QED) is 0.362. The van der Waals surface area contributed by atoms with E-state index in [4.69, 9.17) is 9.73 Å². The molecule has 0 saturated carbocycles. The molecule has 8 nitrogen and oxygen atoms in total. The molecule has 1 aromatic rings. The monoisotopic (exact) mass is 517 g/mol. The maximum Gasteiger partial charge on any atom is 0.194 e. The highest BCUT2D eigenvalue weighted by atomic mass is 127. The van der Waals surface area contributed by atoms with Crippen LogP contribution in [0.2, 0.25) is 0 Å². The third-order valence-electron chi connectivity index (χ3n) is 6.28. The summed E-state index contributed by atoms with van der Waals surface area (Å²) >= 11 is 0. The zero-order valence-corrected chi connectivity index (χ0v) is 20.2. The zero-order valence-electron chi connectivity index (χ0n) is 17.8. The van der Waals surface area contributed by atoms with Gasteiger partial charge in [0.2, 0.25) is 0 Å². The third-order valence-corrected chi connectivity index (χ3v) is 6.28. The molecule has 1 N–H and O–H groups in total. The molecule has 3 aliphatic rings. The van der Waals surface area contributed by atoms with Crippen LogP contribution in [-0.2, 0) is 17.7 Å². The molecule has 9 heteroatoms. The van der Waals surface area contributed by atoms with Crippen LogP contribution >= 0.6 is 24.0 Å². The molecule has 2 atom stereocenters. The first-order valence-electron chi connectivity index (χ1n) is 10.9. The SMILES string of the molecule is CCNC(=NCC1CCc2nnc(C)n2C1)N1CCN(CC2CCOC2)CC1.I.